The number of hydrogen-bond acceptors (Lipinski definition) is 6. The van der Waals surface area contributed by atoms with E-state index in [9.17, 15) is 9.90 Å². The number of aryl methyl sites for hydroxylation is 1. The first-order valence-corrected chi connectivity index (χ1v) is 10.9. The minimum absolute atomic E-state index is 0.0684. The number of allylic oxidation sites excluding steroid dienone is 1. The summed E-state index contributed by atoms with van der Waals surface area (Å²) in [5.74, 6) is 1.73. The Bertz CT molecular complexity index is 1040. The van der Waals surface area contributed by atoms with Crippen molar-refractivity contribution in [1.29, 1.82) is 0 Å². The van der Waals surface area contributed by atoms with Crippen LogP contribution < -0.4 is 29.0 Å². The van der Waals surface area contributed by atoms with Crippen molar-refractivity contribution < 1.29 is 33.7 Å². The molecular formula is C25H29NO6. The Morgan fingerprint density at radius 3 is 2.28 bits per heavy atom. The molecule has 1 saturated heterocycles. The summed E-state index contributed by atoms with van der Waals surface area (Å²) < 4.78 is 22.2. The number of ketones is 1. The third kappa shape index (κ3) is 4.00. The van der Waals surface area contributed by atoms with Crippen LogP contribution in [0.1, 0.15) is 46.3 Å². The molecular weight excluding hydrogens is 410 g/mol. The number of hydrogen-bond donors (Lipinski definition) is 1. The lowest BCUT2D eigenvalue weighted by atomic mass is 9.98. The minimum atomic E-state index is -0.221. The van der Waals surface area contributed by atoms with Gasteiger partial charge in [0.1, 0.15) is 12.3 Å². The zero-order valence-electron chi connectivity index (χ0n) is 19.0. The first kappa shape index (κ1) is 22.0. The molecule has 2 aliphatic rings. The largest absolute Gasteiger partial charge is 0.872 e. The van der Waals surface area contributed by atoms with Gasteiger partial charge in [-0.25, -0.2) is 0 Å². The number of nitrogens with one attached hydrogen (secondary N) is 1. The summed E-state index contributed by atoms with van der Waals surface area (Å²) in [5.41, 5.74) is 2.37. The van der Waals surface area contributed by atoms with Gasteiger partial charge < -0.3 is 29.0 Å². The molecule has 2 aromatic carbocycles. The molecule has 0 aliphatic carbocycles. The van der Waals surface area contributed by atoms with E-state index < -0.39 is 0 Å². The van der Waals surface area contributed by atoms with Gasteiger partial charge in [-0.05, 0) is 55.5 Å². The highest BCUT2D eigenvalue weighted by Gasteiger charge is 2.33. The molecule has 0 amide bonds. The van der Waals surface area contributed by atoms with Crippen LogP contribution in [-0.4, -0.2) is 40.2 Å². The Morgan fingerprint density at radius 1 is 1.03 bits per heavy atom. The number of carbonyl (C=O) groups excluding carboxylic acids is 1. The molecule has 0 radical (unpaired) electrons. The SMILES string of the molecule is COc1cc(C=C2Oc3c(C[NH+]4CCCCC4)c([O-])cc(C)c3C2=O)cc(OC)c1OC. The summed E-state index contributed by atoms with van der Waals surface area (Å²) in [6, 6.07) is 5.05. The van der Waals surface area contributed by atoms with E-state index in [-0.39, 0.29) is 17.3 Å². The van der Waals surface area contributed by atoms with Crippen LogP contribution in [-0.2, 0) is 6.54 Å². The van der Waals surface area contributed by atoms with Gasteiger partial charge in [0.2, 0.25) is 11.5 Å². The molecule has 170 valence electrons. The smallest absolute Gasteiger partial charge is 0.232 e. The quantitative estimate of drug-likeness (QED) is 0.696. The molecule has 0 spiro atoms. The number of likely N-dealkylation sites (tertiary alicyclic amines) is 1. The highest BCUT2D eigenvalue weighted by Crippen LogP contribution is 2.42. The number of rotatable bonds is 6. The second-order valence-corrected chi connectivity index (χ2v) is 8.26. The van der Waals surface area contributed by atoms with Crippen LogP contribution in [0.15, 0.2) is 24.0 Å². The van der Waals surface area contributed by atoms with Crippen LogP contribution in [0.5, 0.6) is 28.7 Å². The van der Waals surface area contributed by atoms with Gasteiger partial charge in [-0.1, -0.05) is 11.8 Å². The van der Waals surface area contributed by atoms with Gasteiger partial charge in [-0.3, -0.25) is 4.79 Å². The molecule has 7 nitrogen and oxygen atoms in total. The fourth-order valence-electron chi connectivity index (χ4n) is 4.55. The van der Waals surface area contributed by atoms with Gasteiger partial charge in [-0.15, -0.1) is 0 Å². The van der Waals surface area contributed by atoms with E-state index in [1.165, 1.54) is 32.7 Å². The Balaban J connectivity index is 1.72. The second kappa shape index (κ2) is 9.12. The molecule has 2 aromatic rings. The number of carbonyl (C=O) groups is 1. The van der Waals surface area contributed by atoms with Crippen molar-refractivity contribution in [3.63, 3.8) is 0 Å². The zero-order valence-corrected chi connectivity index (χ0v) is 19.0. The van der Waals surface area contributed by atoms with Crippen molar-refractivity contribution in [1.82, 2.24) is 0 Å². The van der Waals surface area contributed by atoms with Crippen LogP contribution >= 0.6 is 0 Å². The second-order valence-electron chi connectivity index (χ2n) is 8.26. The lowest BCUT2D eigenvalue weighted by Crippen LogP contribution is -3.11. The predicted octanol–water partition coefficient (Wildman–Crippen LogP) is 2.28. The van der Waals surface area contributed by atoms with Gasteiger partial charge in [0.05, 0.1) is 40.0 Å². The lowest BCUT2D eigenvalue weighted by molar-refractivity contribution is -0.918. The van der Waals surface area contributed by atoms with E-state index >= 15 is 0 Å². The van der Waals surface area contributed by atoms with E-state index in [0.29, 0.717) is 51.8 Å². The summed E-state index contributed by atoms with van der Waals surface area (Å²) in [5, 5.41) is 12.8. The Hall–Kier alpha value is -3.19. The number of quaternary nitrogens is 1. The van der Waals surface area contributed by atoms with Gasteiger partial charge in [0, 0.05) is 5.56 Å². The molecule has 2 aliphatic heterocycles. The maximum absolute atomic E-state index is 13.2. The molecule has 0 unspecified atom stereocenters. The molecule has 4 rings (SSSR count). The van der Waals surface area contributed by atoms with Gasteiger partial charge in [-0.2, -0.15) is 0 Å². The van der Waals surface area contributed by atoms with Gasteiger partial charge in [0.25, 0.3) is 0 Å². The van der Waals surface area contributed by atoms with Crippen LogP contribution in [0, 0.1) is 6.92 Å². The monoisotopic (exact) mass is 439 g/mol. The van der Waals surface area contributed by atoms with E-state index in [4.69, 9.17) is 18.9 Å². The predicted molar refractivity (Wildman–Crippen MR) is 118 cm³/mol. The number of benzene rings is 2. The van der Waals surface area contributed by atoms with Gasteiger partial charge in [0.15, 0.2) is 17.3 Å². The zero-order chi connectivity index (χ0) is 22.8. The number of methoxy groups -OCH3 is 3. The summed E-state index contributed by atoms with van der Waals surface area (Å²) in [6.45, 7) is 4.42. The van der Waals surface area contributed by atoms with E-state index in [1.54, 1.807) is 31.2 Å². The first-order valence-electron chi connectivity index (χ1n) is 10.9. The first-order chi connectivity index (χ1) is 15.5. The average molecular weight is 440 g/mol. The fourth-order valence-corrected chi connectivity index (χ4v) is 4.55. The summed E-state index contributed by atoms with van der Waals surface area (Å²) >= 11 is 0. The van der Waals surface area contributed by atoms with Crippen LogP contribution in [0.25, 0.3) is 6.08 Å². The van der Waals surface area contributed by atoms with Crippen molar-refractivity contribution in [2.45, 2.75) is 32.7 Å². The third-order valence-electron chi connectivity index (χ3n) is 6.18. The summed E-state index contributed by atoms with van der Waals surface area (Å²) in [4.78, 5) is 14.6. The third-order valence-corrected chi connectivity index (χ3v) is 6.18. The number of fused-ring (bicyclic) bond motifs is 1. The van der Waals surface area contributed by atoms with E-state index in [1.807, 2.05) is 0 Å². The van der Waals surface area contributed by atoms with E-state index in [2.05, 4.69) is 0 Å². The van der Waals surface area contributed by atoms with Crippen LogP contribution in [0.3, 0.4) is 0 Å². The molecule has 32 heavy (non-hydrogen) atoms. The van der Waals surface area contributed by atoms with Crippen molar-refractivity contribution in [2.75, 3.05) is 34.4 Å². The molecule has 1 N–H and O–H groups in total. The molecule has 1 fully saturated rings. The number of piperidine rings is 1. The Kier molecular flexibility index (Phi) is 6.28. The number of Topliss-reactive ketones (excluding diaryl/α,β-unsaturated/α-hetero) is 1. The summed E-state index contributed by atoms with van der Waals surface area (Å²) in [7, 11) is 4.61. The molecule has 0 saturated carbocycles. The maximum atomic E-state index is 13.2. The van der Waals surface area contributed by atoms with Crippen molar-refractivity contribution in [2.24, 2.45) is 0 Å². The van der Waals surface area contributed by atoms with Gasteiger partial charge >= 0.3 is 0 Å². The highest BCUT2D eigenvalue weighted by atomic mass is 16.5. The van der Waals surface area contributed by atoms with Crippen molar-refractivity contribution >= 4 is 11.9 Å². The Labute approximate surface area is 188 Å². The number of ether oxygens (including phenoxy) is 4. The van der Waals surface area contributed by atoms with Crippen LogP contribution in [0.4, 0.5) is 0 Å². The normalized spacial score (nSPS) is 17.2. The minimum Gasteiger partial charge on any atom is -0.872 e. The van der Waals surface area contributed by atoms with E-state index in [0.717, 1.165) is 25.9 Å². The highest BCUT2D eigenvalue weighted by molar-refractivity contribution is 6.15. The Morgan fingerprint density at radius 2 is 1.69 bits per heavy atom. The average Bonchev–Trinajstić information content (AvgIpc) is 3.12. The summed E-state index contributed by atoms with van der Waals surface area (Å²) in [6.07, 6.45) is 5.19. The molecule has 2 heterocycles. The van der Waals surface area contributed by atoms with Crippen molar-refractivity contribution in [3.8, 4) is 28.7 Å². The standard InChI is InChI=1S/C25H29NO6/c1-15-10-18(27)17(14-26-8-6-5-7-9-26)24-22(15)23(28)19(32-24)11-16-12-20(29-2)25(31-4)21(13-16)30-3/h10-13,27H,5-9,14H2,1-4H3. The van der Waals surface area contributed by atoms with Crippen molar-refractivity contribution in [3.05, 3.63) is 46.2 Å². The lowest BCUT2D eigenvalue weighted by Gasteiger charge is -2.26. The molecule has 0 atom stereocenters. The fraction of sp³-hybridized carbons (Fsp3) is 0.400. The topological polar surface area (TPSA) is 81.5 Å². The molecule has 7 heteroatoms. The maximum Gasteiger partial charge on any atom is 0.232 e. The van der Waals surface area contributed by atoms with Crippen LogP contribution in [0.2, 0.25) is 0 Å². The molecule has 0 aromatic heterocycles. The molecule has 0 bridgehead atoms.